The maximum Gasteiger partial charge on any atom is 0.329 e. The number of aryl methyl sites for hydroxylation is 1. The summed E-state index contributed by atoms with van der Waals surface area (Å²) in [6.07, 6.45) is 5.15. The van der Waals surface area contributed by atoms with E-state index in [2.05, 4.69) is 10.4 Å². The number of hydrogen-bond donors (Lipinski definition) is 2. The standard InChI is InChI=1S/C18H20FN3O3/c1-11-4-3-7-18(11,17(24)25)21-16(23)14-8-12(5-6-15(14)19)13-9-20-22(2)10-13/h5-6,8-11H,3-4,7H2,1-2H3,(H,21,23)(H,24,25). The molecule has 2 atom stereocenters. The lowest BCUT2D eigenvalue weighted by atomic mass is 9.88. The van der Waals surface area contributed by atoms with Gasteiger partial charge in [0.25, 0.3) is 5.91 Å². The van der Waals surface area contributed by atoms with Gasteiger partial charge in [0, 0.05) is 18.8 Å². The number of carbonyl (C=O) groups excluding carboxylic acids is 1. The van der Waals surface area contributed by atoms with Crippen molar-refractivity contribution in [2.45, 2.75) is 31.7 Å². The van der Waals surface area contributed by atoms with Crippen LogP contribution in [0.1, 0.15) is 36.5 Å². The van der Waals surface area contributed by atoms with Crippen molar-refractivity contribution >= 4 is 11.9 Å². The Bertz CT molecular complexity index is 833. The van der Waals surface area contributed by atoms with Gasteiger partial charge in [-0.3, -0.25) is 9.48 Å². The number of nitrogens with one attached hydrogen (secondary N) is 1. The molecule has 0 aliphatic heterocycles. The molecule has 1 heterocycles. The highest BCUT2D eigenvalue weighted by Crippen LogP contribution is 2.36. The van der Waals surface area contributed by atoms with Gasteiger partial charge in [-0.1, -0.05) is 19.4 Å². The average Bonchev–Trinajstić information content (AvgIpc) is 3.15. The number of aromatic nitrogens is 2. The van der Waals surface area contributed by atoms with E-state index in [1.165, 1.54) is 12.1 Å². The molecule has 6 nitrogen and oxygen atoms in total. The first-order valence-electron chi connectivity index (χ1n) is 8.18. The minimum atomic E-state index is -1.34. The molecule has 0 bridgehead atoms. The van der Waals surface area contributed by atoms with Crippen LogP contribution in [0.3, 0.4) is 0 Å². The minimum Gasteiger partial charge on any atom is -0.479 e. The van der Waals surface area contributed by atoms with Crippen LogP contribution in [-0.2, 0) is 11.8 Å². The van der Waals surface area contributed by atoms with Crippen molar-refractivity contribution in [2.24, 2.45) is 13.0 Å². The van der Waals surface area contributed by atoms with Crippen LogP contribution in [0.15, 0.2) is 30.6 Å². The van der Waals surface area contributed by atoms with E-state index in [4.69, 9.17) is 0 Å². The summed E-state index contributed by atoms with van der Waals surface area (Å²) in [7, 11) is 1.76. The number of carbonyl (C=O) groups is 2. The predicted octanol–water partition coefficient (Wildman–Crippen LogP) is 2.60. The number of halogens is 1. The van der Waals surface area contributed by atoms with Gasteiger partial charge in [-0.15, -0.1) is 0 Å². The van der Waals surface area contributed by atoms with Crippen molar-refractivity contribution in [1.29, 1.82) is 0 Å². The Kier molecular flexibility index (Phi) is 4.32. The fraction of sp³-hybridized carbons (Fsp3) is 0.389. The lowest BCUT2D eigenvalue weighted by Crippen LogP contribution is -2.56. The topological polar surface area (TPSA) is 84.2 Å². The normalized spacial score (nSPS) is 22.8. The van der Waals surface area contributed by atoms with E-state index in [9.17, 15) is 19.1 Å². The summed E-state index contributed by atoms with van der Waals surface area (Å²) in [4.78, 5) is 24.4. The second kappa shape index (κ2) is 6.31. The second-order valence-electron chi connectivity index (χ2n) is 6.62. The van der Waals surface area contributed by atoms with E-state index in [1.807, 2.05) is 0 Å². The summed E-state index contributed by atoms with van der Waals surface area (Å²) >= 11 is 0. The first-order chi connectivity index (χ1) is 11.8. The molecule has 1 aliphatic carbocycles. The van der Waals surface area contributed by atoms with Crippen LogP contribution in [0.4, 0.5) is 4.39 Å². The molecule has 1 aromatic heterocycles. The van der Waals surface area contributed by atoms with E-state index < -0.39 is 23.2 Å². The molecule has 25 heavy (non-hydrogen) atoms. The summed E-state index contributed by atoms with van der Waals surface area (Å²) < 4.78 is 15.8. The molecule has 132 valence electrons. The summed E-state index contributed by atoms with van der Waals surface area (Å²) in [5.74, 6) is -2.68. The van der Waals surface area contributed by atoms with Gasteiger partial charge in [0.2, 0.25) is 0 Å². The molecule has 2 unspecified atom stereocenters. The van der Waals surface area contributed by atoms with E-state index in [1.54, 1.807) is 37.1 Å². The summed E-state index contributed by atoms with van der Waals surface area (Å²) in [6.45, 7) is 1.80. The predicted molar refractivity (Wildman–Crippen MR) is 89.5 cm³/mol. The van der Waals surface area contributed by atoms with E-state index in [0.29, 0.717) is 24.8 Å². The molecule has 1 fully saturated rings. The molecule has 0 radical (unpaired) electrons. The quantitative estimate of drug-likeness (QED) is 0.892. The number of hydrogen-bond acceptors (Lipinski definition) is 3. The fourth-order valence-electron chi connectivity index (χ4n) is 3.46. The van der Waals surface area contributed by atoms with Gasteiger partial charge in [-0.2, -0.15) is 5.10 Å². The van der Waals surface area contributed by atoms with Crippen molar-refractivity contribution in [3.05, 3.63) is 42.0 Å². The Balaban J connectivity index is 1.93. The smallest absolute Gasteiger partial charge is 0.329 e. The molecule has 1 amide bonds. The maximum absolute atomic E-state index is 14.2. The third-order valence-corrected chi connectivity index (χ3v) is 5.02. The molecule has 1 aliphatic rings. The van der Waals surface area contributed by atoms with Gasteiger partial charge in [-0.25, -0.2) is 9.18 Å². The van der Waals surface area contributed by atoms with Gasteiger partial charge in [0.05, 0.1) is 11.8 Å². The van der Waals surface area contributed by atoms with Crippen LogP contribution in [-0.4, -0.2) is 32.3 Å². The number of aliphatic carboxylic acids is 1. The van der Waals surface area contributed by atoms with Crippen LogP contribution < -0.4 is 5.32 Å². The molecule has 0 saturated heterocycles. The molecular weight excluding hydrogens is 325 g/mol. The van der Waals surface area contributed by atoms with Crippen LogP contribution in [0.5, 0.6) is 0 Å². The van der Waals surface area contributed by atoms with Crippen LogP contribution in [0.2, 0.25) is 0 Å². The molecule has 7 heteroatoms. The summed E-state index contributed by atoms with van der Waals surface area (Å²) in [5, 5.41) is 16.3. The van der Waals surface area contributed by atoms with Gasteiger partial charge in [-0.05, 0) is 36.5 Å². The van der Waals surface area contributed by atoms with Crippen LogP contribution in [0.25, 0.3) is 11.1 Å². The molecule has 0 spiro atoms. The molecule has 3 rings (SSSR count). The number of amides is 1. The lowest BCUT2D eigenvalue weighted by Gasteiger charge is -2.30. The first-order valence-corrected chi connectivity index (χ1v) is 8.18. The van der Waals surface area contributed by atoms with Gasteiger partial charge in [0.15, 0.2) is 0 Å². The fourth-order valence-corrected chi connectivity index (χ4v) is 3.46. The largest absolute Gasteiger partial charge is 0.479 e. The Morgan fingerprint density at radius 2 is 2.16 bits per heavy atom. The summed E-state index contributed by atoms with van der Waals surface area (Å²) in [6, 6.07) is 4.20. The zero-order valence-electron chi connectivity index (χ0n) is 14.1. The average molecular weight is 345 g/mol. The first kappa shape index (κ1) is 17.1. The minimum absolute atomic E-state index is 0.166. The monoisotopic (exact) mass is 345 g/mol. The van der Waals surface area contributed by atoms with Gasteiger partial charge >= 0.3 is 5.97 Å². The van der Waals surface area contributed by atoms with E-state index in [0.717, 1.165) is 5.56 Å². The number of rotatable bonds is 4. The Hall–Kier alpha value is -2.70. The van der Waals surface area contributed by atoms with Crippen LogP contribution in [0, 0.1) is 11.7 Å². The zero-order chi connectivity index (χ0) is 18.2. The molecule has 1 saturated carbocycles. The Morgan fingerprint density at radius 3 is 2.72 bits per heavy atom. The highest BCUT2D eigenvalue weighted by atomic mass is 19.1. The third kappa shape index (κ3) is 3.01. The number of carboxylic acid groups (broad SMARTS) is 1. The van der Waals surface area contributed by atoms with E-state index in [-0.39, 0.29) is 11.5 Å². The van der Waals surface area contributed by atoms with Crippen molar-refractivity contribution in [1.82, 2.24) is 15.1 Å². The van der Waals surface area contributed by atoms with Gasteiger partial charge in [0.1, 0.15) is 11.4 Å². The van der Waals surface area contributed by atoms with Crippen molar-refractivity contribution in [3.63, 3.8) is 0 Å². The molecule has 1 aromatic carbocycles. The van der Waals surface area contributed by atoms with E-state index >= 15 is 0 Å². The SMILES string of the molecule is CC1CCCC1(NC(=O)c1cc(-c2cnn(C)c2)ccc1F)C(=O)O. The van der Waals surface area contributed by atoms with Gasteiger partial charge < -0.3 is 10.4 Å². The number of carboxylic acids is 1. The lowest BCUT2D eigenvalue weighted by molar-refractivity contribution is -0.145. The Labute approximate surface area is 144 Å². The van der Waals surface area contributed by atoms with Crippen molar-refractivity contribution in [2.75, 3.05) is 0 Å². The second-order valence-corrected chi connectivity index (χ2v) is 6.62. The summed E-state index contributed by atoms with van der Waals surface area (Å²) in [5.41, 5.74) is -0.114. The van der Waals surface area contributed by atoms with Crippen molar-refractivity contribution < 1.29 is 19.1 Å². The number of benzene rings is 1. The maximum atomic E-state index is 14.2. The third-order valence-electron chi connectivity index (χ3n) is 5.02. The molecule has 2 N–H and O–H groups in total. The molecule has 2 aromatic rings. The van der Waals surface area contributed by atoms with Crippen LogP contribution >= 0.6 is 0 Å². The number of nitrogens with zero attached hydrogens (tertiary/aromatic N) is 2. The Morgan fingerprint density at radius 1 is 1.40 bits per heavy atom. The highest BCUT2D eigenvalue weighted by Gasteiger charge is 2.48. The zero-order valence-corrected chi connectivity index (χ0v) is 14.1. The molecular formula is C18H20FN3O3. The highest BCUT2D eigenvalue weighted by molar-refractivity contribution is 5.99. The van der Waals surface area contributed by atoms with Crippen molar-refractivity contribution in [3.8, 4) is 11.1 Å².